The Morgan fingerprint density at radius 1 is 1.07 bits per heavy atom. The summed E-state index contributed by atoms with van der Waals surface area (Å²) in [5.74, 6) is 0. The highest BCUT2D eigenvalue weighted by atomic mass is 35.5. The van der Waals surface area contributed by atoms with Crippen LogP contribution in [0.4, 0.5) is 0 Å². The van der Waals surface area contributed by atoms with Crippen LogP contribution in [0.2, 0.25) is 5.02 Å². The molecule has 28 heavy (non-hydrogen) atoms. The van der Waals surface area contributed by atoms with Gasteiger partial charge < -0.3 is 9.47 Å². The minimum absolute atomic E-state index is 0.00319. The Balaban J connectivity index is 1.64. The largest absolute Gasteiger partial charge is 0.339 e. The van der Waals surface area contributed by atoms with Crippen molar-refractivity contribution >= 4 is 28.5 Å². The summed E-state index contributed by atoms with van der Waals surface area (Å²) in [5, 5.41) is 2.43. The Morgan fingerprint density at radius 3 is 2.64 bits per heavy atom. The third-order valence-electron chi connectivity index (χ3n) is 5.38. The lowest BCUT2D eigenvalue weighted by Crippen LogP contribution is -2.30. The average molecular weight is 409 g/mol. The summed E-state index contributed by atoms with van der Waals surface area (Å²) in [7, 11) is 0. The first-order chi connectivity index (χ1) is 13.6. The van der Waals surface area contributed by atoms with E-state index in [1.165, 1.54) is 11.4 Å². The molecule has 0 bridgehead atoms. The van der Waals surface area contributed by atoms with Crippen molar-refractivity contribution in [1.82, 2.24) is 14.5 Å². The van der Waals surface area contributed by atoms with Crippen molar-refractivity contribution in [2.45, 2.75) is 31.2 Å². The molecule has 4 heterocycles. The van der Waals surface area contributed by atoms with Gasteiger partial charge in [-0.05, 0) is 55.5 Å². The maximum absolute atomic E-state index is 6.13. The Bertz CT molecular complexity index is 1030. The number of aryl methyl sites for hydroxylation is 1. The molecule has 6 heteroatoms. The molecule has 0 amide bonds. The van der Waals surface area contributed by atoms with Crippen LogP contribution >= 0.6 is 23.4 Å². The van der Waals surface area contributed by atoms with Gasteiger partial charge in [-0.15, -0.1) is 0 Å². The summed E-state index contributed by atoms with van der Waals surface area (Å²) in [6, 6.07) is 18.7. The maximum Gasteiger partial charge on any atom is 0.160 e. The molecule has 2 aromatic heterocycles. The zero-order valence-corrected chi connectivity index (χ0v) is 17.4. The highest BCUT2D eigenvalue weighted by Crippen LogP contribution is 2.48. The topological polar surface area (TPSA) is 33.4 Å². The minimum atomic E-state index is -0.00319. The number of fused-ring (bicyclic) bond motifs is 1. The normalized spacial score (nSPS) is 23.8. The molecule has 0 spiro atoms. The van der Waals surface area contributed by atoms with Gasteiger partial charge in [0.1, 0.15) is 6.04 Å². The molecule has 1 aromatic carbocycles. The Kier molecular flexibility index (Phi) is 4.44. The van der Waals surface area contributed by atoms with Crippen LogP contribution in [0.15, 0.2) is 65.8 Å². The number of thioether (sulfide) groups is 1. The van der Waals surface area contributed by atoms with Gasteiger partial charge >= 0.3 is 0 Å². The predicted molar refractivity (Wildman–Crippen MR) is 116 cm³/mol. The van der Waals surface area contributed by atoms with Gasteiger partial charge in [-0.1, -0.05) is 36.4 Å². The van der Waals surface area contributed by atoms with E-state index in [0.717, 1.165) is 28.1 Å². The molecule has 0 N–H and O–H groups in total. The molecule has 3 atom stereocenters. The number of hydrogen-bond donors (Lipinski definition) is 0. The second-order valence-electron chi connectivity index (χ2n) is 7.35. The summed E-state index contributed by atoms with van der Waals surface area (Å²) in [6.45, 7) is 5.41. The molecule has 0 radical (unpaired) electrons. The summed E-state index contributed by atoms with van der Waals surface area (Å²) in [4.78, 5) is 12.2. The molecule has 3 unspecified atom stereocenters. The monoisotopic (exact) mass is 408 g/mol. The quantitative estimate of drug-likeness (QED) is 0.579. The van der Waals surface area contributed by atoms with Gasteiger partial charge in [0.15, 0.2) is 5.17 Å². The number of pyridine rings is 1. The van der Waals surface area contributed by atoms with E-state index in [0.29, 0.717) is 5.25 Å². The van der Waals surface area contributed by atoms with Gasteiger partial charge in [-0.2, -0.15) is 0 Å². The molecule has 2 aliphatic heterocycles. The van der Waals surface area contributed by atoms with Gasteiger partial charge in [-0.25, -0.2) is 0 Å². The van der Waals surface area contributed by atoms with E-state index < -0.39 is 0 Å². The number of aromatic nitrogens is 2. The number of benzene rings is 1. The van der Waals surface area contributed by atoms with Crippen LogP contribution < -0.4 is 0 Å². The second kappa shape index (κ2) is 6.98. The third-order valence-corrected chi connectivity index (χ3v) is 6.73. The highest BCUT2D eigenvalue weighted by molar-refractivity contribution is 8.14. The molecular formula is C22H21ClN4S. The molecule has 5 rings (SSSR count). The van der Waals surface area contributed by atoms with E-state index in [4.69, 9.17) is 16.6 Å². The highest BCUT2D eigenvalue weighted by Gasteiger charge is 2.44. The lowest BCUT2D eigenvalue weighted by Gasteiger charge is -2.28. The van der Waals surface area contributed by atoms with Crippen molar-refractivity contribution in [2.24, 2.45) is 4.99 Å². The SMILES string of the molecule is Cc1ccc(C2C(c3ccccn3)N=C3SC(C)CN32)n1-c1ccc(Cl)cc1. The number of nitrogens with zero attached hydrogens (tertiary/aromatic N) is 4. The molecule has 4 nitrogen and oxygen atoms in total. The van der Waals surface area contributed by atoms with E-state index in [1.54, 1.807) is 0 Å². The van der Waals surface area contributed by atoms with Crippen molar-refractivity contribution in [3.05, 3.63) is 82.9 Å². The Morgan fingerprint density at radius 2 is 1.89 bits per heavy atom. The number of halogens is 1. The Labute approximate surface area is 174 Å². The zero-order chi connectivity index (χ0) is 19.3. The summed E-state index contributed by atoms with van der Waals surface area (Å²) >= 11 is 7.99. The van der Waals surface area contributed by atoms with Crippen molar-refractivity contribution < 1.29 is 0 Å². The zero-order valence-electron chi connectivity index (χ0n) is 15.8. The van der Waals surface area contributed by atoms with Gasteiger partial charge in [0.2, 0.25) is 0 Å². The van der Waals surface area contributed by atoms with Crippen molar-refractivity contribution in [1.29, 1.82) is 0 Å². The fourth-order valence-corrected chi connectivity index (χ4v) is 5.39. The number of amidine groups is 1. The van der Waals surface area contributed by atoms with Crippen LogP contribution in [0.5, 0.6) is 0 Å². The van der Waals surface area contributed by atoms with Crippen LogP contribution in [-0.4, -0.2) is 31.4 Å². The van der Waals surface area contributed by atoms with Gasteiger partial charge in [0.25, 0.3) is 0 Å². The van der Waals surface area contributed by atoms with Crippen LogP contribution in [0.3, 0.4) is 0 Å². The third kappa shape index (κ3) is 2.93. The van der Waals surface area contributed by atoms with Crippen LogP contribution in [-0.2, 0) is 0 Å². The maximum atomic E-state index is 6.13. The van der Waals surface area contributed by atoms with E-state index in [2.05, 4.69) is 58.6 Å². The Hall–Kier alpha value is -2.24. The lowest BCUT2D eigenvalue weighted by atomic mass is 10.0. The van der Waals surface area contributed by atoms with Crippen molar-refractivity contribution in [3.8, 4) is 5.69 Å². The first-order valence-corrected chi connectivity index (χ1v) is 10.7. The van der Waals surface area contributed by atoms with Crippen LogP contribution in [0.1, 0.15) is 36.1 Å². The standard InChI is InChI=1S/C22H21ClN4S/c1-14-6-11-19(27(14)17-9-7-16(23)8-10-17)21-20(18-5-3-4-12-24-18)25-22-26(21)13-15(2)28-22/h3-12,15,20-21H,13H2,1-2H3. The second-order valence-corrected chi connectivity index (χ2v) is 9.19. The molecule has 1 fully saturated rings. The number of hydrogen-bond acceptors (Lipinski definition) is 4. The summed E-state index contributed by atoms with van der Waals surface area (Å²) in [6.07, 6.45) is 1.86. The minimum Gasteiger partial charge on any atom is -0.339 e. The molecule has 0 aliphatic carbocycles. The van der Waals surface area contributed by atoms with E-state index in [1.807, 2.05) is 42.2 Å². The smallest absolute Gasteiger partial charge is 0.160 e. The molecule has 1 saturated heterocycles. The summed E-state index contributed by atoms with van der Waals surface area (Å²) in [5.41, 5.74) is 4.58. The lowest BCUT2D eigenvalue weighted by molar-refractivity contribution is 0.312. The predicted octanol–water partition coefficient (Wildman–Crippen LogP) is 5.42. The van der Waals surface area contributed by atoms with E-state index >= 15 is 0 Å². The molecule has 3 aromatic rings. The van der Waals surface area contributed by atoms with Crippen molar-refractivity contribution in [2.75, 3.05) is 6.54 Å². The average Bonchev–Trinajstić information content (AvgIpc) is 3.35. The molecular weight excluding hydrogens is 388 g/mol. The number of rotatable bonds is 3. The summed E-state index contributed by atoms with van der Waals surface area (Å²) < 4.78 is 2.32. The number of aliphatic imine (C=N–C) groups is 1. The van der Waals surface area contributed by atoms with Gasteiger partial charge in [0.05, 0.1) is 11.7 Å². The molecule has 2 aliphatic rings. The van der Waals surface area contributed by atoms with Crippen molar-refractivity contribution in [3.63, 3.8) is 0 Å². The fourth-order valence-electron chi connectivity index (χ4n) is 4.17. The van der Waals surface area contributed by atoms with E-state index in [-0.39, 0.29) is 12.1 Å². The first-order valence-electron chi connectivity index (χ1n) is 9.48. The van der Waals surface area contributed by atoms with E-state index in [9.17, 15) is 0 Å². The van der Waals surface area contributed by atoms with Crippen LogP contribution in [0, 0.1) is 6.92 Å². The fraction of sp³-hybridized carbons (Fsp3) is 0.273. The molecule has 0 saturated carbocycles. The van der Waals surface area contributed by atoms with Gasteiger partial charge in [-0.3, -0.25) is 9.98 Å². The van der Waals surface area contributed by atoms with Gasteiger partial charge in [0, 0.05) is 40.1 Å². The van der Waals surface area contributed by atoms with Crippen LogP contribution in [0.25, 0.3) is 5.69 Å². The molecule has 142 valence electrons. The first kappa shape index (κ1) is 17.8.